The summed E-state index contributed by atoms with van der Waals surface area (Å²) in [4.78, 5) is 10.1. The van der Waals surface area contributed by atoms with Crippen LogP contribution in [0.2, 0.25) is 0 Å². The molecule has 2 atom stereocenters. The van der Waals surface area contributed by atoms with E-state index in [-0.39, 0.29) is 16.6 Å². The largest absolute Gasteiger partial charge is 0.315 e. The molecule has 108 valence electrons. The molecule has 2 heterocycles. The van der Waals surface area contributed by atoms with E-state index in [1.165, 1.54) is 28.6 Å². The van der Waals surface area contributed by atoms with E-state index in [0.717, 1.165) is 13.0 Å². The van der Waals surface area contributed by atoms with Crippen LogP contribution in [0.1, 0.15) is 6.42 Å². The first-order valence-electron chi connectivity index (χ1n) is 6.48. The lowest BCUT2D eigenvalue weighted by Crippen LogP contribution is -2.64. The Morgan fingerprint density at radius 2 is 2.10 bits per heavy atom. The summed E-state index contributed by atoms with van der Waals surface area (Å²) in [5, 5.41) is 14.2. The minimum Gasteiger partial charge on any atom is -0.315 e. The van der Waals surface area contributed by atoms with Crippen molar-refractivity contribution in [1.82, 2.24) is 9.62 Å². The fraction of sp³-hybridized carbons (Fsp3) is 0.500. The lowest BCUT2D eigenvalue weighted by Gasteiger charge is -2.49. The molecular formula is C12H15N3O4S. The van der Waals surface area contributed by atoms with E-state index in [0.29, 0.717) is 19.0 Å². The van der Waals surface area contributed by atoms with Gasteiger partial charge in [0.05, 0.1) is 4.92 Å². The van der Waals surface area contributed by atoms with Crippen molar-refractivity contribution in [2.24, 2.45) is 5.92 Å². The summed E-state index contributed by atoms with van der Waals surface area (Å²) in [7, 11) is -3.80. The van der Waals surface area contributed by atoms with E-state index in [1.807, 2.05) is 0 Å². The third kappa shape index (κ3) is 2.00. The Morgan fingerprint density at radius 1 is 1.35 bits per heavy atom. The summed E-state index contributed by atoms with van der Waals surface area (Å²) in [5.74, 6) is 0.369. The molecule has 2 aliphatic rings. The summed E-state index contributed by atoms with van der Waals surface area (Å²) < 4.78 is 26.6. The highest BCUT2D eigenvalue weighted by Crippen LogP contribution is 2.37. The van der Waals surface area contributed by atoms with Gasteiger partial charge in [0, 0.05) is 25.2 Å². The van der Waals surface area contributed by atoms with E-state index in [4.69, 9.17) is 0 Å². The standard InChI is InChI=1S/C12H15N3O4S/c16-15(17)10-3-1-2-4-12(10)20(18,19)14-8-9-5-6-13-7-11(9)14/h1-4,9,11,13H,5-8H2. The Hall–Kier alpha value is -1.51. The number of para-hydroxylation sites is 1. The molecule has 8 heteroatoms. The predicted octanol–water partition coefficient (Wildman–Crippen LogP) is 0.577. The van der Waals surface area contributed by atoms with E-state index >= 15 is 0 Å². The fourth-order valence-corrected chi connectivity index (χ4v) is 4.80. The smallest absolute Gasteiger partial charge is 0.289 e. The predicted molar refractivity (Wildman–Crippen MR) is 71.8 cm³/mol. The van der Waals surface area contributed by atoms with Crippen molar-refractivity contribution in [2.45, 2.75) is 17.4 Å². The molecule has 2 saturated heterocycles. The monoisotopic (exact) mass is 297 g/mol. The number of benzene rings is 1. The van der Waals surface area contributed by atoms with Gasteiger partial charge < -0.3 is 5.32 Å². The van der Waals surface area contributed by atoms with E-state index in [2.05, 4.69) is 5.32 Å². The first kappa shape index (κ1) is 13.5. The first-order valence-corrected chi connectivity index (χ1v) is 7.92. The average Bonchev–Trinajstić information content (AvgIpc) is 2.40. The highest BCUT2D eigenvalue weighted by Gasteiger charge is 2.48. The number of nitrogens with one attached hydrogen (secondary N) is 1. The van der Waals surface area contributed by atoms with E-state index < -0.39 is 14.9 Å². The number of fused-ring (bicyclic) bond motifs is 1. The first-order chi connectivity index (χ1) is 9.51. The van der Waals surface area contributed by atoms with Crippen molar-refractivity contribution >= 4 is 15.7 Å². The van der Waals surface area contributed by atoms with Gasteiger partial charge in [0.25, 0.3) is 5.69 Å². The van der Waals surface area contributed by atoms with Crippen LogP contribution in [-0.4, -0.2) is 43.3 Å². The van der Waals surface area contributed by atoms with Gasteiger partial charge in [0.15, 0.2) is 4.90 Å². The molecule has 0 bridgehead atoms. The maximum atomic E-state index is 12.6. The van der Waals surface area contributed by atoms with Gasteiger partial charge in [-0.25, -0.2) is 8.42 Å². The lowest BCUT2D eigenvalue weighted by atomic mass is 9.86. The van der Waals surface area contributed by atoms with Gasteiger partial charge in [-0.05, 0) is 24.9 Å². The number of sulfonamides is 1. The Kier molecular flexibility index (Phi) is 3.23. The van der Waals surface area contributed by atoms with Crippen molar-refractivity contribution in [2.75, 3.05) is 19.6 Å². The molecule has 0 aliphatic carbocycles. The van der Waals surface area contributed by atoms with Crippen LogP contribution in [0.4, 0.5) is 5.69 Å². The molecule has 3 rings (SSSR count). The van der Waals surface area contributed by atoms with Gasteiger partial charge in [-0.3, -0.25) is 10.1 Å². The number of hydrogen-bond acceptors (Lipinski definition) is 5. The third-order valence-corrected chi connectivity index (χ3v) is 5.96. The number of nitrogens with zero attached hydrogens (tertiary/aromatic N) is 2. The van der Waals surface area contributed by atoms with Gasteiger partial charge in [-0.2, -0.15) is 4.31 Å². The average molecular weight is 297 g/mol. The second-order valence-corrected chi connectivity index (χ2v) is 6.98. The van der Waals surface area contributed by atoms with Crippen LogP contribution in [0.25, 0.3) is 0 Å². The lowest BCUT2D eigenvalue weighted by molar-refractivity contribution is -0.387. The van der Waals surface area contributed by atoms with Gasteiger partial charge in [0.1, 0.15) is 0 Å². The van der Waals surface area contributed by atoms with E-state index in [1.54, 1.807) is 0 Å². The number of rotatable bonds is 3. The van der Waals surface area contributed by atoms with Crippen LogP contribution in [0.15, 0.2) is 29.2 Å². The number of hydrogen-bond donors (Lipinski definition) is 1. The molecule has 0 spiro atoms. The van der Waals surface area contributed by atoms with Crippen molar-refractivity contribution in [3.63, 3.8) is 0 Å². The summed E-state index contributed by atoms with van der Waals surface area (Å²) in [5.41, 5.74) is -0.361. The van der Waals surface area contributed by atoms with Gasteiger partial charge in [-0.1, -0.05) is 12.1 Å². The van der Waals surface area contributed by atoms with Crippen LogP contribution in [-0.2, 0) is 10.0 Å². The zero-order chi connectivity index (χ0) is 14.3. The zero-order valence-corrected chi connectivity index (χ0v) is 11.5. The SMILES string of the molecule is O=[N+]([O-])c1ccccc1S(=O)(=O)N1CC2CCNCC21. The third-order valence-electron chi connectivity index (χ3n) is 4.02. The quantitative estimate of drug-likeness (QED) is 0.650. The minimum atomic E-state index is -3.80. The normalized spacial score (nSPS) is 26.6. The van der Waals surface area contributed by atoms with Crippen LogP contribution < -0.4 is 5.32 Å². The molecule has 2 aliphatic heterocycles. The van der Waals surface area contributed by atoms with E-state index in [9.17, 15) is 18.5 Å². The molecule has 2 unspecified atom stereocenters. The molecule has 20 heavy (non-hydrogen) atoms. The summed E-state index contributed by atoms with van der Waals surface area (Å²) in [6.45, 7) is 1.98. The van der Waals surface area contributed by atoms with Gasteiger partial charge in [0.2, 0.25) is 10.0 Å². The van der Waals surface area contributed by atoms with Crippen molar-refractivity contribution < 1.29 is 13.3 Å². The van der Waals surface area contributed by atoms with Gasteiger partial charge >= 0.3 is 0 Å². The van der Waals surface area contributed by atoms with Crippen LogP contribution >= 0.6 is 0 Å². The molecule has 2 fully saturated rings. The summed E-state index contributed by atoms with van der Waals surface area (Å²) >= 11 is 0. The molecule has 0 radical (unpaired) electrons. The zero-order valence-electron chi connectivity index (χ0n) is 10.7. The van der Waals surface area contributed by atoms with Crippen LogP contribution in [0.3, 0.4) is 0 Å². The highest BCUT2D eigenvalue weighted by molar-refractivity contribution is 7.89. The second kappa shape index (κ2) is 4.80. The van der Waals surface area contributed by atoms with Crippen molar-refractivity contribution in [1.29, 1.82) is 0 Å². The molecule has 7 nitrogen and oxygen atoms in total. The van der Waals surface area contributed by atoms with Crippen LogP contribution in [0, 0.1) is 16.0 Å². The highest BCUT2D eigenvalue weighted by atomic mass is 32.2. The maximum absolute atomic E-state index is 12.6. The molecular weight excluding hydrogens is 282 g/mol. The minimum absolute atomic E-state index is 0.0754. The topological polar surface area (TPSA) is 92.5 Å². The Morgan fingerprint density at radius 3 is 2.80 bits per heavy atom. The van der Waals surface area contributed by atoms with Crippen molar-refractivity contribution in [3.05, 3.63) is 34.4 Å². The number of piperidine rings is 1. The number of nitro benzene ring substituents is 1. The molecule has 0 saturated carbocycles. The maximum Gasteiger partial charge on any atom is 0.289 e. The Balaban J connectivity index is 1.95. The molecule has 0 aromatic heterocycles. The van der Waals surface area contributed by atoms with Crippen molar-refractivity contribution in [3.8, 4) is 0 Å². The van der Waals surface area contributed by atoms with Crippen LogP contribution in [0.5, 0.6) is 0 Å². The molecule has 1 aromatic rings. The Bertz CT molecular complexity index is 646. The van der Waals surface area contributed by atoms with Gasteiger partial charge in [-0.15, -0.1) is 0 Å². The Labute approximate surface area is 116 Å². The molecule has 1 N–H and O–H groups in total. The molecule has 0 amide bonds. The summed E-state index contributed by atoms with van der Waals surface area (Å²) in [6, 6.07) is 5.43. The fourth-order valence-electron chi connectivity index (χ4n) is 2.90. The summed E-state index contributed by atoms with van der Waals surface area (Å²) in [6.07, 6.45) is 0.952. The molecule has 1 aromatic carbocycles. The second-order valence-electron chi connectivity index (χ2n) is 5.12. The number of nitro groups is 1.